The van der Waals surface area contributed by atoms with Crippen LogP contribution in [0.25, 0.3) is 5.41 Å². The molecule has 0 rings (SSSR count). The minimum Gasteiger partial charge on any atom is -0.422 e. The van der Waals surface area contributed by atoms with Gasteiger partial charge < -0.3 is 10.4 Å². The molecule has 18 heavy (non-hydrogen) atoms. The second-order valence-corrected chi connectivity index (χ2v) is 16.0. The second kappa shape index (κ2) is 19.1. The summed E-state index contributed by atoms with van der Waals surface area (Å²) >= 11 is -0.995. The average molecular weight is 445 g/mol. The van der Waals surface area contributed by atoms with Crippen molar-refractivity contribution < 1.29 is 0 Å². The quantitative estimate of drug-likeness (QED) is 0.278. The van der Waals surface area contributed by atoms with Gasteiger partial charge in [-0.05, 0) is 0 Å². The Labute approximate surface area is 121 Å². The van der Waals surface area contributed by atoms with Gasteiger partial charge >= 0.3 is 93.9 Å². The molecule has 3 nitrogen and oxygen atoms in total. The van der Waals surface area contributed by atoms with Gasteiger partial charge in [0.2, 0.25) is 0 Å². The van der Waals surface area contributed by atoms with Crippen molar-refractivity contribution in [1.29, 1.82) is 5.26 Å². The molecular formula is C14H27N3Pb-. The summed E-state index contributed by atoms with van der Waals surface area (Å²) in [6, 6.07) is 1.28. The van der Waals surface area contributed by atoms with Gasteiger partial charge in [0.15, 0.2) is 0 Å². The summed E-state index contributed by atoms with van der Waals surface area (Å²) < 4.78 is 5.09. The zero-order chi connectivity index (χ0) is 14.1. The van der Waals surface area contributed by atoms with Crippen molar-refractivity contribution >= 4 is 28.7 Å². The monoisotopic (exact) mass is 445 g/mol. The summed E-state index contributed by atoms with van der Waals surface area (Å²) in [7, 11) is 0. The maximum Gasteiger partial charge on any atom is 0.0925 e. The smallest absolute Gasteiger partial charge is 0.0925 e. The molecule has 0 heterocycles. The molecule has 0 atom stereocenters. The molecule has 0 unspecified atom stereocenters. The van der Waals surface area contributed by atoms with E-state index in [0.29, 0.717) is 0 Å². The van der Waals surface area contributed by atoms with Crippen LogP contribution in [-0.4, -0.2) is 28.7 Å². The van der Waals surface area contributed by atoms with Crippen molar-refractivity contribution in [2.24, 2.45) is 4.99 Å². The van der Waals surface area contributed by atoms with Crippen LogP contribution < -0.4 is 0 Å². The third-order valence-electron chi connectivity index (χ3n) is 2.75. The molecule has 0 aliphatic heterocycles. The summed E-state index contributed by atoms with van der Waals surface area (Å²) in [4.78, 5) is 2.58. The van der Waals surface area contributed by atoms with E-state index in [4.69, 9.17) is 10.7 Å². The molecule has 0 saturated heterocycles. The molecule has 0 saturated carbocycles. The Hall–Kier alpha value is -0.208. The molecule has 0 amide bonds. The van der Waals surface area contributed by atoms with Crippen molar-refractivity contribution in [2.75, 3.05) is 0 Å². The van der Waals surface area contributed by atoms with Gasteiger partial charge in [0.1, 0.15) is 0 Å². The van der Waals surface area contributed by atoms with Crippen LogP contribution in [0.1, 0.15) is 59.3 Å². The SMILES string of the molecule is CCC[CH2][Pb]([CH2]CCC)[CH2]CCC.N#CN=C=[N-]. The number of hydrogen-bond donors (Lipinski definition) is 0. The maximum atomic E-state index is 7.43. The summed E-state index contributed by atoms with van der Waals surface area (Å²) in [5.41, 5.74) is 0. The first-order valence-electron chi connectivity index (χ1n) is 7.08. The molecule has 0 fully saturated rings. The van der Waals surface area contributed by atoms with Crippen LogP contribution in [-0.2, 0) is 0 Å². The van der Waals surface area contributed by atoms with Gasteiger partial charge in [-0.2, -0.15) is 5.26 Å². The minimum absolute atomic E-state index is 0.995. The number of aliphatic imine (C=N–C) groups is 1. The van der Waals surface area contributed by atoms with Crippen molar-refractivity contribution in [3.8, 4) is 6.19 Å². The second-order valence-electron chi connectivity index (χ2n) is 4.37. The Balaban J connectivity index is 0. The molecular weight excluding hydrogens is 417 g/mol. The number of nitrogens with zero attached hydrogens (tertiary/aromatic N) is 3. The molecule has 0 aromatic rings. The van der Waals surface area contributed by atoms with Crippen molar-refractivity contribution in [3.63, 3.8) is 0 Å². The van der Waals surface area contributed by atoms with Crippen LogP contribution in [0.5, 0.6) is 0 Å². The number of hydrogen-bond acceptors (Lipinski definition) is 2. The van der Waals surface area contributed by atoms with Gasteiger partial charge in [0.05, 0.1) is 6.19 Å². The molecule has 103 valence electrons. The first-order valence-corrected chi connectivity index (χ1v) is 15.3. The first kappa shape index (κ1) is 20.1. The van der Waals surface area contributed by atoms with E-state index >= 15 is 0 Å². The molecule has 0 N–H and O–H groups in total. The number of rotatable bonds is 9. The fraction of sp³-hybridized carbons (Fsp3) is 0.857. The van der Waals surface area contributed by atoms with E-state index in [9.17, 15) is 0 Å². The number of nitriles is 1. The van der Waals surface area contributed by atoms with E-state index in [-0.39, 0.29) is 0 Å². The third kappa shape index (κ3) is 18.2. The molecule has 0 bridgehead atoms. The van der Waals surface area contributed by atoms with Gasteiger partial charge in [0, 0.05) is 0 Å². The van der Waals surface area contributed by atoms with Gasteiger partial charge in [-0.15, -0.1) is 6.01 Å². The summed E-state index contributed by atoms with van der Waals surface area (Å²) in [6.45, 7) is 7.01. The predicted molar refractivity (Wildman–Crippen MR) is 81.3 cm³/mol. The van der Waals surface area contributed by atoms with E-state index in [1.165, 1.54) is 50.7 Å². The Kier molecular flexibility index (Phi) is 21.4. The van der Waals surface area contributed by atoms with E-state index in [2.05, 4.69) is 25.8 Å². The molecule has 1 radical (unpaired) electrons. The van der Waals surface area contributed by atoms with E-state index in [1.807, 2.05) is 0 Å². The molecule has 0 aromatic carbocycles. The van der Waals surface area contributed by atoms with Crippen molar-refractivity contribution in [2.45, 2.75) is 71.2 Å². The third-order valence-corrected chi connectivity index (χ3v) is 15.1. The van der Waals surface area contributed by atoms with Gasteiger partial charge in [-0.1, -0.05) is 0 Å². The Morgan fingerprint density at radius 2 is 1.33 bits per heavy atom. The minimum atomic E-state index is -0.995. The predicted octanol–water partition coefficient (Wildman–Crippen LogP) is 5.09. The van der Waals surface area contributed by atoms with E-state index < -0.39 is 22.7 Å². The largest absolute Gasteiger partial charge is 0.422 e. The Morgan fingerprint density at radius 1 is 0.944 bits per heavy atom. The zero-order valence-corrected chi connectivity index (χ0v) is 16.1. The fourth-order valence-electron chi connectivity index (χ4n) is 1.68. The molecule has 4 heteroatoms. The van der Waals surface area contributed by atoms with Crippen LogP contribution in [0.3, 0.4) is 0 Å². The van der Waals surface area contributed by atoms with Crippen LogP contribution in [0.15, 0.2) is 4.99 Å². The van der Waals surface area contributed by atoms with Crippen molar-refractivity contribution in [3.05, 3.63) is 5.41 Å². The summed E-state index contributed by atoms with van der Waals surface area (Å²) in [5.74, 6) is 0. The van der Waals surface area contributed by atoms with Gasteiger partial charge in [-0.3, -0.25) is 0 Å². The topological polar surface area (TPSA) is 58.5 Å². The van der Waals surface area contributed by atoms with Crippen LogP contribution >= 0.6 is 0 Å². The van der Waals surface area contributed by atoms with Crippen LogP contribution in [0.2, 0.25) is 11.9 Å². The summed E-state index contributed by atoms with van der Waals surface area (Å²) in [5, 5.41) is 14.9. The van der Waals surface area contributed by atoms with Crippen LogP contribution in [0, 0.1) is 11.5 Å². The van der Waals surface area contributed by atoms with Crippen LogP contribution in [0.4, 0.5) is 0 Å². The fourth-order valence-corrected chi connectivity index (χ4v) is 14.5. The van der Waals surface area contributed by atoms with Gasteiger partial charge in [-0.25, -0.2) is 0 Å². The normalized spacial score (nSPS) is 9.06. The molecule has 0 spiro atoms. The van der Waals surface area contributed by atoms with Gasteiger partial charge in [0.25, 0.3) is 0 Å². The maximum absolute atomic E-state index is 7.43. The Bertz CT molecular complexity index is 223. The molecule has 0 aromatic heterocycles. The Morgan fingerprint density at radius 3 is 1.50 bits per heavy atom. The van der Waals surface area contributed by atoms with Crippen molar-refractivity contribution in [1.82, 2.24) is 0 Å². The standard InChI is InChI=1S/3C4H9.C2N3.Pb/c3*1-3-4-2;3-1-5-2-4;/h3*1,3-4H2,2H3;;/q;;;-1;. The zero-order valence-electron chi connectivity index (χ0n) is 12.2. The summed E-state index contributed by atoms with van der Waals surface area (Å²) in [6.07, 6.45) is 10.2. The average Bonchev–Trinajstić information content (AvgIpc) is 2.39. The molecule has 0 aliphatic rings. The number of unbranched alkanes of at least 4 members (excludes halogenated alkanes) is 3. The van der Waals surface area contributed by atoms with E-state index in [1.54, 1.807) is 11.9 Å². The molecule has 0 aliphatic carbocycles. The first-order chi connectivity index (χ1) is 8.76. The van der Waals surface area contributed by atoms with E-state index in [0.717, 1.165) is 0 Å².